The van der Waals surface area contributed by atoms with Gasteiger partial charge >= 0.3 is 0 Å². The normalized spacial score (nSPS) is 10.9. The van der Waals surface area contributed by atoms with E-state index in [-0.39, 0.29) is 29.8 Å². The van der Waals surface area contributed by atoms with Crippen LogP contribution in [0.5, 0.6) is 5.75 Å². The first-order chi connectivity index (χ1) is 6.54. The van der Waals surface area contributed by atoms with Gasteiger partial charge in [-0.1, -0.05) is 13.8 Å². The third-order valence-electron chi connectivity index (χ3n) is 1.79. The summed E-state index contributed by atoms with van der Waals surface area (Å²) in [4.78, 5) is 11.2. The highest BCUT2D eigenvalue weighted by Gasteiger charge is 2.11. The highest BCUT2D eigenvalue weighted by Crippen LogP contribution is 2.17. The highest BCUT2D eigenvalue weighted by molar-refractivity contribution is 5.25. The summed E-state index contributed by atoms with van der Waals surface area (Å²) in [6, 6.07) is 1.10. The smallest absolute Gasteiger partial charge is 0.227 e. The van der Waals surface area contributed by atoms with Gasteiger partial charge in [-0.15, -0.1) is 0 Å². The molecule has 0 spiro atoms. The van der Waals surface area contributed by atoms with Gasteiger partial charge in [-0.2, -0.15) is 0 Å². The molecule has 1 heterocycles. The van der Waals surface area contributed by atoms with E-state index in [1.54, 1.807) is 0 Å². The van der Waals surface area contributed by atoms with Crippen LogP contribution in [-0.2, 0) is 13.0 Å². The van der Waals surface area contributed by atoms with Crippen molar-refractivity contribution in [2.24, 2.45) is 5.92 Å². The molecule has 0 aromatic carbocycles. The minimum absolute atomic E-state index is 0.184. The van der Waals surface area contributed by atoms with Gasteiger partial charge in [0.05, 0.1) is 0 Å². The number of aromatic hydroxyl groups is 1. The van der Waals surface area contributed by atoms with E-state index in [1.807, 2.05) is 13.8 Å². The van der Waals surface area contributed by atoms with E-state index in [9.17, 15) is 9.90 Å². The average Bonchev–Trinajstić information content (AvgIpc) is 2.11. The molecule has 0 aliphatic rings. The number of rotatable bonds is 3. The molecule has 1 rings (SSSR count). The molecule has 4 heteroatoms. The maximum absolute atomic E-state index is 11.2. The molecule has 0 unspecified atom stereocenters. The molecule has 2 N–H and O–H groups in total. The predicted octanol–water partition coefficient (Wildman–Crippen LogP) is 1.04. The Hall–Kier alpha value is -1.29. The van der Waals surface area contributed by atoms with Crippen LogP contribution >= 0.6 is 0 Å². The fraction of sp³-hybridized carbons (Fsp3) is 0.500. The van der Waals surface area contributed by atoms with Crippen molar-refractivity contribution < 1.29 is 14.6 Å². The van der Waals surface area contributed by atoms with Gasteiger partial charge in [0.25, 0.3) is 0 Å². The average molecular weight is 198 g/mol. The zero-order chi connectivity index (χ0) is 10.7. The Morgan fingerprint density at radius 1 is 1.50 bits per heavy atom. The van der Waals surface area contributed by atoms with Crippen molar-refractivity contribution in [2.75, 3.05) is 0 Å². The Balaban J connectivity index is 3.14. The van der Waals surface area contributed by atoms with Crippen molar-refractivity contribution in [1.82, 2.24) is 0 Å². The zero-order valence-corrected chi connectivity index (χ0v) is 8.28. The van der Waals surface area contributed by atoms with Gasteiger partial charge in [-0.05, 0) is 5.92 Å². The number of aliphatic hydroxyl groups is 1. The second kappa shape index (κ2) is 4.28. The number of hydrogen-bond donors (Lipinski definition) is 2. The molecule has 0 aliphatic carbocycles. The SMILES string of the molecule is CC(C)Cc1oc(CO)cc(=O)c1O. The lowest BCUT2D eigenvalue weighted by molar-refractivity contribution is 0.233. The van der Waals surface area contributed by atoms with Crippen molar-refractivity contribution in [3.05, 3.63) is 27.8 Å². The molecule has 0 amide bonds. The Morgan fingerprint density at radius 2 is 2.14 bits per heavy atom. The molecule has 0 aliphatic heterocycles. The van der Waals surface area contributed by atoms with E-state index >= 15 is 0 Å². The molecule has 78 valence electrons. The molecule has 0 atom stereocenters. The fourth-order valence-corrected chi connectivity index (χ4v) is 1.18. The predicted molar refractivity (Wildman–Crippen MR) is 51.1 cm³/mol. The van der Waals surface area contributed by atoms with Crippen LogP contribution in [0.3, 0.4) is 0 Å². The Labute approximate surface area is 81.8 Å². The van der Waals surface area contributed by atoms with Crippen LogP contribution < -0.4 is 5.43 Å². The lowest BCUT2D eigenvalue weighted by atomic mass is 10.1. The van der Waals surface area contributed by atoms with Gasteiger partial charge in [0.1, 0.15) is 18.1 Å². The van der Waals surface area contributed by atoms with E-state index in [1.165, 1.54) is 0 Å². The van der Waals surface area contributed by atoms with E-state index in [2.05, 4.69) is 0 Å². The quantitative estimate of drug-likeness (QED) is 0.761. The summed E-state index contributed by atoms with van der Waals surface area (Å²) in [7, 11) is 0. The van der Waals surface area contributed by atoms with Crippen LogP contribution in [0.4, 0.5) is 0 Å². The summed E-state index contributed by atoms with van der Waals surface area (Å²) in [5.74, 6) is 0.355. The first-order valence-electron chi connectivity index (χ1n) is 4.50. The molecular formula is C10H14O4. The molecule has 0 saturated heterocycles. The zero-order valence-electron chi connectivity index (χ0n) is 8.28. The Bertz CT molecular complexity index is 365. The molecule has 14 heavy (non-hydrogen) atoms. The molecule has 0 radical (unpaired) electrons. The summed E-state index contributed by atoms with van der Waals surface area (Å²) in [5, 5.41) is 18.2. The molecule has 1 aromatic rings. The number of aliphatic hydroxyl groups excluding tert-OH is 1. The third kappa shape index (κ3) is 2.35. The van der Waals surface area contributed by atoms with Gasteiger partial charge in [0.2, 0.25) is 11.2 Å². The summed E-state index contributed by atoms with van der Waals surface area (Å²) in [6.45, 7) is 3.57. The van der Waals surface area contributed by atoms with Crippen molar-refractivity contribution in [2.45, 2.75) is 26.9 Å². The van der Waals surface area contributed by atoms with Gasteiger partial charge < -0.3 is 14.6 Å². The molecular weight excluding hydrogens is 184 g/mol. The molecule has 1 aromatic heterocycles. The van der Waals surface area contributed by atoms with Crippen LogP contribution in [0, 0.1) is 5.92 Å². The van der Waals surface area contributed by atoms with Gasteiger partial charge in [-0.3, -0.25) is 4.79 Å². The lowest BCUT2D eigenvalue weighted by Gasteiger charge is -2.06. The first-order valence-corrected chi connectivity index (χ1v) is 4.50. The largest absolute Gasteiger partial charge is 0.502 e. The topological polar surface area (TPSA) is 70.7 Å². The summed E-state index contributed by atoms with van der Waals surface area (Å²) in [5.41, 5.74) is -0.504. The molecule has 0 bridgehead atoms. The van der Waals surface area contributed by atoms with Gasteiger partial charge in [0, 0.05) is 12.5 Å². The molecule has 0 saturated carbocycles. The Morgan fingerprint density at radius 3 is 2.64 bits per heavy atom. The summed E-state index contributed by atoms with van der Waals surface area (Å²) >= 11 is 0. The van der Waals surface area contributed by atoms with E-state index < -0.39 is 5.43 Å². The van der Waals surface area contributed by atoms with Crippen LogP contribution in [0.1, 0.15) is 25.4 Å². The third-order valence-corrected chi connectivity index (χ3v) is 1.79. The van der Waals surface area contributed by atoms with E-state index in [0.29, 0.717) is 6.42 Å². The van der Waals surface area contributed by atoms with Gasteiger partial charge in [-0.25, -0.2) is 0 Å². The minimum atomic E-state index is -0.504. The molecule has 4 nitrogen and oxygen atoms in total. The van der Waals surface area contributed by atoms with Crippen LogP contribution in [0.2, 0.25) is 0 Å². The van der Waals surface area contributed by atoms with Crippen molar-refractivity contribution in [3.8, 4) is 5.75 Å². The fourth-order valence-electron chi connectivity index (χ4n) is 1.18. The Kier molecular flexibility index (Phi) is 3.30. The van der Waals surface area contributed by atoms with Crippen molar-refractivity contribution >= 4 is 0 Å². The first kappa shape index (κ1) is 10.8. The highest BCUT2D eigenvalue weighted by atomic mass is 16.4. The van der Waals surface area contributed by atoms with Crippen molar-refractivity contribution in [3.63, 3.8) is 0 Å². The monoisotopic (exact) mass is 198 g/mol. The maximum Gasteiger partial charge on any atom is 0.227 e. The van der Waals surface area contributed by atoms with Crippen LogP contribution in [0.25, 0.3) is 0 Å². The van der Waals surface area contributed by atoms with Gasteiger partial charge in [0.15, 0.2) is 0 Å². The minimum Gasteiger partial charge on any atom is -0.502 e. The lowest BCUT2D eigenvalue weighted by Crippen LogP contribution is -2.06. The maximum atomic E-state index is 11.2. The summed E-state index contributed by atoms with van der Waals surface area (Å²) in [6.07, 6.45) is 0.481. The standard InChI is InChI=1S/C10H14O4/c1-6(2)3-9-10(13)8(12)4-7(5-11)14-9/h4,6,11,13H,3,5H2,1-2H3. The van der Waals surface area contributed by atoms with E-state index in [4.69, 9.17) is 9.52 Å². The second-order valence-electron chi connectivity index (χ2n) is 3.60. The number of hydrogen-bond acceptors (Lipinski definition) is 4. The summed E-state index contributed by atoms with van der Waals surface area (Å²) < 4.78 is 5.15. The van der Waals surface area contributed by atoms with E-state index in [0.717, 1.165) is 6.07 Å². The van der Waals surface area contributed by atoms with Crippen LogP contribution in [0.15, 0.2) is 15.3 Å². The second-order valence-corrected chi connectivity index (χ2v) is 3.60. The molecule has 0 fully saturated rings. The van der Waals surface area contributed by atoms with Crippen LogP contribution in [-0.4, -0.2) is 10.2 Å². The van der Waals surface area contributed by atoms with Crippen molar-refractivity contribution in [1.29, 1.82) is 0 Å².